The molecule has 47 heavy (non-hydrogen) atoms. The lowest BCUT2D eigenvalue weighted by atomic mass is 9.93. The van der Waals surface area contributed by atoms with Crippen LogP contribution in [-0.4, -0.2) is 15.0 Å². The number of thiophene rings is 1. The average Bonchev–Trinajstić information content (AvgIpc) is 3.53. The third kappa shape index (κ3) is 5.05. The summed E-state index contributed by atoms with van der Waals surface area (Å²) in [4.78, 5) is 16.4. The zero-order chi connectivity index (χ0) is 31.2. The second-order valence-corrected chi connectivity index (χ2v) is 12.7. The van der Waals surface area contributed by atoms with Crippen LogP contribution in [-0.2, 0) is 0 Å². The van der Waals surface area contributed by atoms with Crippen molar-refractivity contribution in [1.82, 2.24) is 15.0 Å². The topological polar surface area (TPSA) is 38.7 Å². The quantitative estimate of drug-likeness (QED) is 0.193. The molecule has 0 unspecified atom stereocenters. The third-order valence-corrected chi connectivity index (χ3v) is 9.85. The van der Waals surface area contributed by atoms with Crippen LogP contribution in [0, 0.1) is 0 Å². The highest BCUT2D eigenvalue weighted by molar-refractivity contribution is 7.25. The highest BCUT2D eigenvalue weighted by Crippen LogP contribution is 2.39. The second-order valence-electron chi connectivity index (χ2n) is 11.7. The molecule has 0 fully saturated rings. The Morgan fingerprint density at radius 2 is 1.06 bits per heavy atom. The maximum atomic E-state index is 5.24. The van der Waals surface area contributed by atoms with Crippen molar-refractivity contribution in [1.29, 1.82) is 0 Å². The number of rotatable bonds is 5. The Morgan fingerprint density at radius 3 is 1.83 bits per heavy atom. The minimum absolute atomic E-state index is 0.685. The van der Waals surface area contributed by atoms with Crippen molar-refractivity contribution >= 4 is 42.4 Å². The van der Waals surface area contributed by atoms with E-state index in [1.807, 2.05) is 18.3 Å². The minimum atomic E-state index is 0.685. The van der Waals surface area contributed by atoms with Gasteiger partial charge in [0.1, 0.15) is 4.83 Å². The number of fused-ring (bicyclic) bond motifs is 4. The molecule has 0 radical (unpaired) electrons. The Labute approximate surface area is 276 Å². The fraction of sp³-hybridized carbons (Fsp3) is 0. The van der Waals surface area contributed by atoms with Crippen LogP contribution in [0.25, 0.3) is 87.2 Å². The monoisotopic (exact) mass is 617 g/mol. The zero-order valence-electron chi connectivity index (χ0n) is 25.3. The van der Waals surface area contributed by atoms with E-state index in [0.717, 1.165) is 55.2 Å². The van der Waals surface area contributed by atoms with Crippen LogP contribution in [0.4, 0.5) is 0 Å². The highest BCUT2D eigenvalue weighted by atomic mass is 32.1. The van der Waals surface area contributed by atoms with Gasteiger partial charge in [0, 0.05) is 43.9 Å². The molecule has 0 aliphatic rings. The van der Waals surface area contributed by atoms with Crippen molar-refractivity contribution in [3.63, 3.8) is 0 Å². The number of hydrogen-bond acceptors (Lipinski definition) is 4. The third-order valence-electron chi connectivity index (χ3n) is 8.75. The Balaban J connectivity index is 1.29. The summed E-state index contributed by atoms with van der Waals surface area (Å²) in [6.45, 7) is 0. The van der Waals surface area contributed by atoms with Gasteiger partial charge in [-0.15, -0.1) is 11.3 Å². The van der Waals surface area contributed by atoms with Crippen molar-refractivity contribution < 1.29 is 0 Å². The number of hydrogen-bond donors (Lipinski definition) is 0. The predicted molar refractivity (Wildman–Crippen MR) is 197 cm³/mol. The molecule has 4 heteroatoms. The van der Waals surface area contributed by atoms with E-state index in [-0.39, 0.29) is 0 Å². The van der Waals surface area contributed by atoms with Gasteiger partial charge in [0.25, 0.3) is 0 Å². The van der Waals surface area contributed by atoms with Crippen LogP contribution in [0.15, 0.2) is 164 Å². The smallest absolute Gasteiger partial charge is 0.161 e. The van der Waals surface area contributed by atoms with Gasteiger partial charge in [-0.25, -0.2) is 15.0 Å². The van der Waals surface area contributed by atoms with Crippen LogP contribution in [0.1, 0.15) is 0 Å². The Morgan fingerprint density at radius 1 is 0.404 bits per heavy atom. The fourth-order valence-corrected chi connectivity index (χ4v) is 7.39. The molecule has 0 N–H and O–H groups in total. The molecule has 3 aromatic heterocycles. The molecule has 0 spiro atoms. The van der Waals surface area contributed by atoms with E-state index in [4.69, 9.17) is 15.0 Å². The molecular formula is C43H27N3S. The molecule has 0 bridgehead atoms. The molecule has 0 amide bonds. The molecule has 6 aromatic carbocycles. The van der Waals surface area contributed by atoms with E-state index < -0.39 is 0 Å². The summed E-state index contributed by atoms with van der Waals surface area (Å²) in [5.74, 6) is 0.685. The van der Waals surface area contributed by atoms with Crippen molar-refractivity contribution in [2.45, 2.75) is 0 Å². The lowest BCUT2D eigenvalue weighted by molar-refractivity contribution is 1.18. The lowest BCUT2D eigenvalue weighted by Gasteiger charge is -2.15. The highest BCUT2D eigenvalue weighted by Gasteiger charge is 2.17. The van der Waals surface area contributed by atoms with E-state index >= 15 is 0 Å². The van der Waals surface area contributed by atoms with Gasteiger partial charge < -0.3 is 0 Å². The van der Waals surface area contributed by atoms with Gasteiger partial charge in [-0.3, -0.25) is 0 Å². The van der Waals surface area contributed by atoms with Gasteiger partial charge in [-0.2, -0.15) is 0 Å². The van der Waals surface area contributed by atoms with E-state index in [1.165, 1.54) is 26.2 Å². The molecule has 0 aliphatic carbocycles. The van der Waals surface area contributed by atoms with Gasteiger partial charge in [-0.1, -0.05) is 127 Å². The normalized spacial score (nSPS) is 11.4. The zero-order valence-corrected chi connectivity index (χ0v) is 26.2. The molecule has 0 atom stereocenters. The first-order chi connectivity index (χ1) is 23.3. The van der Waals surface area contributed by atoms with Crippen molar-refractivity contribution in [3.05, 3.63) is 164 Å². The second kappa shape index (κ2) is 11.4. The summed E-state index contributed by atoms with van der Waals surface area (Å²) in [5, 5.41) is 4.83. The number of benzene rings is 6. The lowest BCUT2D eigenvalue weighted by Crippen LogP contribution is -1.98. The first kappa shape index (κ1) is 27.3. The first-order valence-corrected chi connectivity index (χ1v) is 16.5. The van der Waals surface area contributed by atoms with Crippen molar-refractivity contribution in [2.75, 3.05) is 0 Å². The summed E-state index contributed by atoms with van der Waals surface area (Å²) < 4.78 is 1.25. The SMILES string of the molecule is c1ccc(-c2cc(-c3ccccc3)nc(-c3cc(-c4cnc5sc6ccccc6c5c4)ccc3-c3ccc4ccccc4c3)n2)cc1. The fourth-order valence-electron chi connectivity index (χ4n) is 6.37. The molecule has 3 heterocycles. The van der Waals surface area contributed by atoms with Crippen LogP contribution in [0.2, 0.25) is 0 Å². The van der Waals surface area contributed by atoms with Gasteiger partial charge in [0.15, 0.2) is 5.82 Å². The summed E-state index contributed by atoms with van der Waals surface area (Å²) in [5.41, 5.74) is 9.19. The van der Waals surface area contributed by atoms with Gasteiger partial charge in [-0.05, 0) is 57.8 Å². The number of pyridine rings is 1. The molecule has 3 nitrogen and oxygen atoms in total. The predicted octanol–water partition coefficient (Wildman–Crippen LogP) is 11.7. The van der Waals surface area contributed by atoms with E-state index in [2.05, 4.69) is 146 Å². The Bertz CT molecular complexity index is 2510. The minimum Gasteiger partial charge on any atom is -0.245 e. The van der Waals surface area contributed by atoms with Gasteiger partial charge in [0.2, 0.25) is 0 Å². The van der Waals surface area contributed by atoms with Gasteiger partial charge >= 0.3 is 0 Å². The van der Waals surface area contributed by atoms with Crippen LogP contribution < -0.4 is 0 Å². The summed E-state index contributed by atoms with van der Waals surface area (Å²) in [6, 6.07) is 55.4. The largest absolute Gasteiger partial charge is 0.245 e. The molecule has 0 saturated carbocycles. The molecule has 9 rings (SSSR count). The Kier molecular flexibility index (Phi) is 6.65. The standard InChI is InChI=1S/C43H27N3S/c1-3-12-29(13-4-1)39-26-40(30-14-5-2-6-15-30)46-42(45-39)37-24-32(21-22-35(37)33-20-19-28-11-7-8-16-31(28)23-33)34-25-38-36-17-9-10-18-41(36)47-43(38)44-27-34/h1-27H. The molecule has 0 aliphatic heterocycles. The summed E-state index contributed by atoms with van der Waals surface area (Å²) >= 11 is 1.73. The van der Waals surface area contributed by atoms with E-state index in [1.54, 1.807) is 11.3 Å². The summed E-state index contributed by atoms with van der Waals surface area (Å²) in [7, 11) is 0. The number of aromatic nitrogens is 3. The number of nitrogens with zero attached hydrogens (tertiary/aromatic N) is 3. The van der Waals surface area contributed by atoms with E-state index in [0.29, 0.717) is 5.82 Å². The molecular weight excluding hydrogens is 591 g/mol. The van der Waals surface area contributed by atoms with Gasteiger partial charge in [0.05, 0.1) is 11.4 Å². The van der Waals surface area contributed by atoms with Crippen molar-refractivity contribution in [2.24, 2.45) is 0 Å². The molecule has 0 saturated heterocycles. The average molecular weight is 618 g/mol. The maximum absolute atomic E-state index is 5.24. The van der Waals surface area contributed by atoms with Crippen LogP contribution in [0.5, 0.6) is 0 Å². The van der Waals surface area contributed by atoms with E-state index in [9.17, 15) is 0 Å². The summed E-state index contributed by atoms with van der Waals surface area (Å²) in [6.07, 6.45) is 1.99. The van der Waals surface area contributed by atoms with Crippen molar-refractivity contribution in [3.8, 4) is 56.2 Å². The molecule has 220 valence electrons. The van der Waals surface area contributed by atoms with Crippen LogP contribution in [0.3, 0.4) is 0 Å². The Hall–Kier alpha value is -5.97. The maximum Gasteiger partial charge on any atom is 0.161 e. The first-order valence-electron chi connectivity index (χ1n) is 15.7. The van der Waals surface area contributed by atoms with Crippen LogP contribution >= 0.6 is 11.3 Å². The molecule has 9 aromatic rings.